The van der Waals surface area contributed by atoms with Gasteiger partial charge < -0.3 is 20.7 Å². The molecule has 0 unspecified atom stereocenters. The summed E-state index contributed by atoms with van der Waals surface area (Å²) in [6.45, 7) is 9.12. The number of hydrogen-bond donors (Lipinski definition) is 3. The van der Waals surface area contributed by atoms with Gasteiger partial charge in [0.1, 0.15) is 0 Å². The first kappa shape index (κ1) is 21.3. The van der Waals surface area contributed by atoms with Crippen molar-refractivity contribution in [1.82, 2.24) is 16.0 Å². The minimum Gasteiger partial charge on any atom is -0.466 e. The lowest BCUT2D eigenvalue weighted by molar-refractivity contribution is -0.149. The lowest BCUT2D eigenvalue weighted by atomic mass is 9.86. The summed E-state index contributed by atoms with van der Waals surface area (Å²) in [5.41, 5.74) is -0.519. The standard InChI is InChI=1S/C18H34N4O3/c1-6-20-16(24)18(3,4)12-21-17(19-5)22-14-10-8-13(9-11-14)15(23)25-7-2/h13-14H,6-12H2,1-5H3,(H,20,24)(H2,19,21,22). The van der Waals surface area contributed by atoms with Crippen LogP contribution in [0.2, 0.25) is 0 Å². The lowest BCUT2D eigenvalue weighted by Crippen LogP contribution is -2.50. The molecule has 1 fully saturated rings. The van der Waals surface area contributed by atoms with Gasteiger partial charge in [0.05, 0.1) is 17.9 Å². The molecule has 1 rings (SSSR count). The fourth-order valence-electron chi connectivity index (χ4n) is 2.91. The van der Waals surface area contributed by atoms with Gasteiger partial charge in [0.15, 0.2) is 5.96 Å². The molecule has 1 amide bonds. The molecule has 0 bridgehead atoms. The number of rotatable bonds is 7. The summed E-state index contributed by atoms with van der Waals surface area (Å²) in [7, 11) is 1.72. The van der Waals surface area contributed by atoms with E-state index in [2.05, 4.69) is 20.9 Å². The zero-order valence-corrected chi connectivity index (χ0v) is 16.3. The highest BCUT2D eigenvalue weighted by Crippen LogP contribution is 2.25. The summed E-state index contributed by atoms with van der Waals surface area (Å²) in [6.07, 6.45) is 3.48. The van der Waals surface area contributed by atoms with Crippen LogP contribution < -0.4 is 16.0 Å². The molecule has 0 atom stereocenters. The smallest absolute Gasteiger partial charge is 0.308 e. The molecule has 0 aromatic heterocycles. The number of ether oxygens (including phenoxy) is 1. The summed E-state index contributed by atoms with van der Waals surface area (Å²) < 4.78 is 5.10. The maximum absolute atomic E-state index is 12.1. The van der Waals surface area contributed by atoms with Gasteiger partial charge in [-0.2, -0.15) is 0 Å². The van der Waals surface area contributed by atoms with E-state index in [4.69, 9.17) is 4.74 Å². The van der Waals surface area contributed by atoms with Gasteiger partial charge in [0, 0.05) is 26.2 Å². The second kappa shape index (κ2) is 10.3. The van der Waals surface area contributed by atoms with Crippen LogP contribution in [0.1, 0.15) is 53.4 Å². The monoisotopic (exact) mass is 354 g/mol. The molecule has 3 N–H and O–H groups in total. The molecule has 7 nitrogen and oxygen atoms in total. The summed E-state index contributed by atoms with van der Waals surface area (Å²) in [4.78, 5) is 28.1. The van der Waals surface area contributed by atoms with E-state index in [0.29, 0.717) is 25.7 Å². The maximum atomic E-state index is 12.1. The second-order valence-corrected chi connectivity index (χ2v) is 7.11. The van der Waals surface area contributed by atoms with E-state index in [9.17, 15) is 9.59 Å². The number of esters is 1. The molecule has 0 heterocycles. The number of aliphatic imine (C=N–C) groups is 1. The Morgan fingerprint density at radius 3 is 2.28 bits per heavy atom. The van der Waals surface area contributed by atoms with Crippen molar-refractivity contribution in [3.8, 4) is 0 Å². The van der Waals surface area contributed by atoms with Crippen molar-refractivity contribution >= 4 is 17.8 Å². The Labute approximate surface area is 151 Å². The predicted molar refractivity (Wildman–Crippen MR) is 99.3 cm³/mol. The highest BCUT2D eigenvalue weighted by atomic mass is 16.5. The third kappa shape index (κ3) is 6.92. The zero-order chi connectivity index (χ0) is 18.9. The molecule has 0 aromatic rings. The Balaban J connectivity index is 2.43. The molecule has 0 aromatic carbocycles. The molecule has 1 saturated carbocycles. The molecular weight excluding hydrogens is 320 g/mol. The number of hydrogen-bond acceptors (Lipinski definition) is 4. The summed E-state index contributed by atoms with van der Waals surface area (Å²) in [6, 6.07) is 0.282. The van der Waals surface area contributed by atoms with E-state index >= 15 is 0 Å². The van der Waals surface area contributed by atoms with Gasteiger partial charge in [-0.1, -0.05) is 0 Å². The minimum atomic E-state index is -0.519. The summed E-state index contributed by atoms with van der Waals surface area (Å²) in [5, 5.41) is 9.48. The fraction of sp³-hybridized carbons (Fsp3) is 0.833. The molecule has 1 aliphatic carbocycles. The molecule has 25 heavy (non-hydrogen) atoms. The molecule has 0 saturated heterocycles. The topological polar surface area (TPSA) is 91.8 Å². The lowest BCUT2D eigenvalue weighted by Gasteiger charge is -2.30. The molecular formula is C18H34N4O3. The van der Waals surface area contributed by atoms with Gasteiger partial charge in [-0.15, -0.1) is 0 Å². The Bertz CT molecular complexity index is 469. The van der Waals surface area contributed by atoms with Crippen molar-refractivity contribution < 1.29 is 14.3 Å². The summed E-state index contributed by atoms with van der Waals surface area (Å²) >= 11 is 0. The van der Waals surface area contributed by atoms with Crippen molar-refractivity contribution in [3.05, 3.63) is 0 Å². The van der Waals surface area contributed by atoms with Crippen LogP contribution in [0.4, 0.5) is 0 Å². The molecule has 0 radical (unpaired) electrons. The fourth-order valence-corrected chi connectivity index (χ4v) is 2.91. The highest BCUT2D eigenvalue weighted by Gasteiger charge is 2.29. The Morgan fingerprint density at radius 1 is 1.12 bits per heavy atom. The van der Waals surface area contributed by atoms with Crippen LogP contribution in [-0.4, -0.2) is 50.6 Å². The first-order valence-electron chi connectivity index (χ1n) is 9.26. The van der Waals surface area contributed by atoms with E-state index < -0.39 is 5.41 Å². The Kier molecular flexibility index (Phi) is 8.72. The van der Waals surface area contributed by atoms with Gasteiger partial charge in [0.2, 0.25) is 5.91 Å². The quantitative estimate of drug-likeness (QED) is 0.365. The number of guanidine groups is 1. The van der Waals surface area contributed by atoms with Crippen LogP contribution in [0.15, 0.2) is 4.99 Å². The Hall–Kier alpha value is -1.79. The van der Waals surface area contributed by atoms with E-state index in [0.717, 1.165) is 25.7 Å². The number of nitrogens with one attached hydrogen (secondary N) is 3. The van der Waals surface area contributed by atoms with Crippen molar-refractivity contribution in [2.75, 3.05) is 26.7 Å². The molecule has 7 heteroatoms. The first-order valence-corrected chi connectivity index (χ1v) is 9.26. The van der Waals surface area contributed by atoms with Crippen LogP contribution in [0, 0.1) is 11.3 Å². The summed E-state index contributed by atoms with van der Waals surface area (Å²) in [5.74, 6) is 0.654. The first-order chi connectivity index (χ1) is 11.8. The largest absolute Gasteiger partial charge is 0.466 e. The normalized spacial score (nSPS) is 21.4. The van der Waals surface area contributed by atoms with E-state index in [1.54, 1.807) is 7.05 Å². The predicted octanol–water partition coefficient (Wildman–Crippen LogP) is 1.44. The van der Waals surface area contributed by atoms with Gasteiger partial charge in [-0.25, -0.2) is 0 Å². The number of amides is 1. The van der Waals surface area contributed by atoms with E-state index in [1.165, 1.54) is 0 Å². The van der Waals surface area contributed by atoms with Crippen LogP contribution in [0.25, 0.3) is 0 Å². The molecule has 0 spiro atoms. The van der Waals surface area contributed by atoms with Crippen LogP contribution >= 0.6 is 0 Å². The maximum Gasteiger partial charge on any atom is 0.308 e. The average molecular weight is 354 g/mol. The minimum absolute atomic E-state index is 0.0182. The van der Waals surface area contributed by atoms with Crippen molar-refractivity contribution in [1.29, 1.82) is 0 Å². The number of nitrogens with zero attached hydrogens (tertiary/aromatic N) is 1. The van der Waals surface area contributed by atoms with Gasteiger partial charge in [-0.3, -0.25) is 14.6 Å². The molecule has 1 aliphatic rings. The van der Waals surface area contributed by atoms with Crippen molar-refractivity contribution in [2.24, 2.45) is 16.3 Å². The van der Waals surface area contributed by atoms with Crippen LogP contribution in [0.5, 0.6) is 0 Å². The second-order valence-electron chi connectivity index (χ2n) is 7.11. The molecule has 0 aliphatic heterocycles. The van der Waals surface area contributed by atoms with Crippen molar-refractivity contribution in [2.45, 2.75) is 59.4 Å². The molecule has 144 valence electrons. The van der Waals surface area contributed by atoms with Crippen LogP contribution in [-0.2, 0) is 14.3 Å². The number of carbonyl (C=O) groups is 2. The Morgan fingerprint density at radius 2 is 1.76 bits per heavy atom. The van der Waals surface area contributed by atoms with Crippen LogP contribution in [0.3, 0.4) is 0 Å². The van der Waals surface area contributed by atoms with E-state index in [-0.39, 0.29) is 23.8 Å². The van der Waals surface area contributed by atoms with E-state index in [1.807, 2.05) is 27.7 Å². The highest BCUT2D eigenvalue weighted by molar-refractivity contribution is 5.84. The average Bonchev–Trinajstić information content (AvgIpc) is 2.59. The third-order valence-corrected chi connectivity index (χ3v) is 4.56. The van der Waals surface area contributed by atoms with Gasteiger partial charge in [-0.05, 0) is 53.4 Å². The third-order valence-electron chi connectivity index (χ3n) is 4.56. The van der Waals surface area contributed by atoms with Gasteiger partial charge in [0.25, 0.3) is 0 Å². The SMILES string of the molecule is CCNC(=O)C(C)(C)CNC(=NC)NC1CCC(C(=O)OCC)CC1. The zero-order valence-electron chi connectivity index (χ0n) is 16.3. The number of carbonyl (C=O) groups excluding carboxylic acids is 2. The van der Waals surface area contributed by atoms with Crippen molar-refractivity contribution in [3.63, 3.8) is 0 Å². The van der Waals surface area contributed by atoms with Gasteiger partial charge >= 0.3 is 5.97 Å².